The molecule has 7 heteroatoms. The molecule has 1 N–H and O–H groups in total. The first-order chi connectivity index (χ1) is 15.6. The lowest BCUT2D eigenvalue weighted by atomic mass is 10.1. The van der Waals surface area contributed by atoms with Crippen LogP contribution in [0.2, 0.25) is 0 Å². The SMILES string of the molecule is C[C@H](C(=O)Nc1sc2c(c1C#N)CCCCC2)N(C)Cc1ccccc1N1CCOCC1. The van der Waals surface area contributed by atoms with Gasteiger partial charge in [0.1, 0.15) is 11.1 Å². The van der Waals surface area contributed by atoms with Gasteiger partial charge in [0, 0.05) is 30.2 Å². The van der Waals surface area contributed by atoms with E-state index in [9.17, 15) is 10.1 Å². The fourth-order valence-electron chi connectivity index (χ4n) is 4.53. The Bertz CT molecular complexity index is 990. The number of carbonyl (C=O) groups is 1. The average molecular weight is 453 g/mol. The van der Waals surface area contributed by atoms with Crippen molar-refractivity contribution in [1.82, 2.24) is 4.90 Å². The summed E-state index contributed by atoms with van der Waals surface area (Å²) in [5.74, 6) is -0.0655. The number of hydrogen-bond donors (Lipinski definition) is 1. The molecular formula is C25H32N4O2S. The summed E-state index contributed by atoms with van der Waals surface area (Å²) in [6, 6.07) is 10.4. The summed E-state index contributed by atoms with van der Waals surface area (Å²) >= 11 is 1.59. The standard InChI is InChI=1S/C25H32N4O2S/c1-18(24(30)27-25-21(16-26)20-9-4-3-5-11-23(20)32-25)28(2)17-19-8-6-7-10-22(19)29-12-14-31-15-13-29/h6-8,10,18H,3-5,9,11-15,17H2,1-2H3,(H,27,30)/t18-/m1/s1. The van der Waals surface area contributed by atoms with Crippen molar-refractivity contribution in [1.29, 1.82) is 5.26 Å². The normalized spacial score (nSPS) is 17.4. The minimum absolute atomic E-state index is 0.0655. The van der Waals surface area contributed by atoms with Gasteiger partial charge in [0.05, 0.1) is 24.8 Å². The summed E-state index contributed by atoms with van der Waals surface area (Å²) in [6.07, 6.45) is 5.44. The number of morpholine rings is 1. The van der Waals surface area contributed by atoms with Gasteiger partial charge in [-0.2, -0.15) is 5.26 Å². The maximum Gasteiger partial charge on any atom is 0.242 e. The third-order valence-electron chi connectivity index (χ3n) is 6.57. The van der Waals surface area contributed by atoms with Crippen molar-refractivity contribution in [3.8, 4) is 6.07 Å². The van der Waals surface area contributed by atoms with Crippen molar-refractivity contribution in [2.75, 3.05) is 43.6 Å². The zero-order chi connectivity index (χ0) is 22.5. The van der Waals surface area contributed by atoms with E-state index in [1.54, 1.807) is 11.3 Å². The van der Waals surface area contributed by atoms with Crippen LogP contribution < -0.4 is 10.2 Å². The van der Waals surface area contributed by atoms with E-state index in [4.69, 9.17) is 4.74 Å². The van der Waals surface area contributed by atoms with Gasteiger partial charge >= 0.3 is 0 Å². The Labute approximate surface area is 194 Å². The van der Waals surface area contributed by atoms with Crippen LogP contribution in [0.4, 0.5) is 10.7 Å². The van der Waals surface area contributed by atoms with Gasteiger partial charge < -0.3 is 15.0 Å². The van der Waals surface area contributed by atoms with Gasteiger partial charge in [0.25, 0.3) is 0 Å². The molecule has 1 aromatic carbocycles. The molecule has 0 saturated carbocycles. The van der Waals surface area contributed by atoms with Crippen molar-refractivity contribution in [2.24, 2.45) is 0 Å². The Hall–Kier alpha value is -2.40. The Balaban J connectivity index is 1.45. The second kappa shape index (κ2) is 10.5. The molecule has 1 aliphatic heterocycles. The minimum atomic E-state index is -0.318. The highest BCUT2D eigenvalue weighted by Crippen LogP contribution is 2.37. The van der Waals surface area contributed by atoms with E-state index in [0.29, 0.717) is 12.1 Å². The number of ether oxygens (including phenoxy) is 1. The molecule has 1 fully saturated rings. The van der Waals surface area contributed by atoms with Crippen LogP contribution >= 0.6 is 11.3 Å². The van der Waals surface area contributed by atoms with Crippen LogP contribution in [0.1, 0.15) is 47.8 Å². The van der Waals surface area contributed by atoms with Crippen molar-refractivity contribution in [3.05, 3.63) is 45.8 Å². The lowest BCUT2D eigenvalue weighted by molar-refractivity contribution is -0.120. The molecule has 1 aromatic heterocycles. The van der Waals surface area contributed by atoms with Crippen molar-refractivity contribution >= 4 is 27.9 Å². The zero-order valence-corrected chi connectivity index (χ0v) is 19.8. The molecule has 32 heavy (non-hydrogen) atoms. The largest absolute Gasteiger partial charge is 0.378 e. The van der Waals surface area contributed by atoms with Crippen molar-refractivity contribution in [3.63, 3.8) is 0 Å². The summed E-state index contributed by atoms with van der Waals surface area (Å²) in [4.78, 5) is 18.8. The summed E-state index contributed by atoms with van der Waals surface area (Å²) in [6.45, 7) is 5.86. The van der Waals surface area contributed by atoms with Crippen molar-refractivity contribution < 1.29 is 9.53 Å². The van der Waals surface area contributed by atoms with Gasteiger partial charge in [-0.3, -0.25) is 9.69 Å². The number of anilines is 2. The molecule has 0 bridgehead atoms. The number of nitrogens with one attached hydrogen (secondary N) is 1. The second-order valence-corrected chi connectivity index (χ2v) is 9.79. The maximum atomic E-state index is 13.1. The van der Waals surface area contributed by atoms with Gasteiger partial charge in [-0.05, 0) is 56.8 Å². The van der Waals surface area contributed by atoms with Crippen molar-refractivity contribution in [2.45, 2.75) is 51.6 Å². The van der Waals surface area contributed by atoms with Crippen LogP contribution in [-0.4, -0.2) is 50.2 Å². The van der Waals surface area contributed by atoms with Gasteiger partial charge in [-0.1, -0.05) is 24.6 Å². The number of amides is 1. The summed E-state index contributed by atoms with van der Waals surface area (Å²) < 4.78 is 5.50. The molecule has 0 radical (unpaired) electrons. The summed E-state index contributed by atoms with van der Waals surface area (Å²) in [5.41, 5.74) is 4.25. The van der Waals surface area contributed by atoms with Crippen LogP contribution in [0.15, 0.2) is 24.3 Å². The molecule has 4 rings (SSSR count). The van der Waals surface area contributed by atoms with E-state index >= 15 is 0 Å². The van der Waals surface area contributed by atoms with Crippen LogP contribution in [0, 0.1) is 11.3 Å². The summed E-state index contributed by atoms with van der Waals surface area (Å²) in [5, 5.41) is 13.5. The molecule has 0 spiro atoms. The first-order valence-electron chi connectivity index (χ1n) is 11.5. The molecule has 1 atom stereocenters. The number of hydrogen-bond acceptors (Lipinski definition) is 6. The molecule has 6 nitrogen and oxygen atoms in total. The molecule has 2 aliphatic rings. The number of benzene rings is 1. The first-order valence-corrected chi connectivity index (χ1v) is 12.4. The van der Waals surface area contributed by atoms with E-state index in [1.165, 1.54) is 22.5 Å². The summed E-state index contributed by atoms with van der Waals surface area (Å²) in [7, 11) is 1.98. The van der Waals surface area contributed by atoms with Crippen LogP contribution in [-0.2, 0) is 28.9 Å². The predicted molar refractivity (Wildman–Crippen MR) is 129 cm³/mol. The van der Waals surface area contributed by atoms with Crippen LogP contribution in [0.3, 0.4) is 0 Å². The molecular weight excluding hydrogens is 420 g/mol. The zero-order valence-electron chi connectivity index (χ0n) is 19.0. The molecule has 2 heterocycles. The number of aryl methyl sites for hydroxylation is 1. The highest BCUT2D eigenvalue weighted by Gasteiger charge is 2.25. The second-order valence-electron chi connectivity index (χ2n) is 8.69. The number of nitriles is 1. The van der Waals surface area contributed by atoms with Gasteiger partial charge in [-0.15, -0.1) is 11.3 Å². The fraction of sp³-hybridized carbons (Fsp3) is 0.520. The number of fused-ring (bicyclic) bond motifs is 1. The number of rotatable bonds is 6. The number of para-hydroxylation sites is 1. The Kier molecular flexibility index (Phi) is 7.46. The number of nitrogens with zero attached hydrogens (tertiary/aromatic N) is 3. The molecule has 1 amide bonds. The van der Waals surface area contributed by atoms with Crippen LogP contribution in [0.25, 0.3) is 0 Å². The fourth-order valence-corrected chi connectivity index (χ4v) is 5.77. The van der Waals surface area contributed by atoms with E-state index in [1.807, 2.05) is 14.0 Å². The monoisotopic (exact) mass is 452 g/mol. The van der Waals surface area contributed by atoms with Gasteiger partial charge in [0.2, 0.25) is 5.91 Å². The quantitative estimate of drug-likeness (QED) is 0.666. The minimum Gasteiger partial charge on any atom is -0.378 e. The predicted octanol–water partition coefficient (Wildman–Crippen LogP) is 4.18. The Morgan fingerprint density at radius 3 is 2.78 bits per heavy atom. The number of likely N-dealkylation sites (N-methyl/N-ethyl adjacent to an activating group) is 1. The lowest BCUT2D eigenvalue weighted by Gasteiger charge is -2.32. The molecule has 0 unspecified atom stereocenters. The highest BCUT2D eigenvalue weighted by atomic mass is 32.1. The smallest absolute Gasteiger partial charge is 0.242 e. The van der Waals surface area contributed by atoms with Crippen LogP contribution in [0.5, 0.6) is 0 Å². The Morgan fingerprint density at radius 2 is 2.00 bits per heavy atom. The number of carbonyl (C=O) groups excluding carboxylic acids is 1. The molecule has 2 aromatic rings. The number of thiophene rings is 1. The highest BCUT2D eigenvalue weighted by molar-refractivity contribution is 7.16. The van der Waals surface area contributed by atoms with E-state index in [-0.39, 0.29) is 11.9 Å². The van der Waals surface area contributed by atoms with Gasteiger partial charge in [-0.25, -0.2) is 0 Å². The maximum absolute atomic E-state index is 13.1. The molecule has 1 saturated heterocycles. The third-order valence-corrected chi connectivity index (χ3v) is 7.78. The van der Waals surface area contributed by atoms with E-state index in [0.717, 1.165) is 62.6 Å². The first kappa shape index (κ1) is 22.8. The molecule has 1 aliphatic carbocycles. The topological polar surface area (TPSA) is 68.6 Å². The lowest BCUT2D eigenvalue weighted by Crippen LogP contribution is -2.40. The van der Waals surface area contributed by atoms with E-state index < -0.39 is 0 Å². The third kappa shape index (κ3) is 4.98. The Morgan fingerprint density at radius 1 is 1.25 bits per heavy atom. The molecule has 170 valence electrons. The van der Waals surface area contributed by atoms with E-state index in [2.05, 4.69) is 45.5 Å². The average Bonchev–Trinajstić information content (AvgIpc) is 2.98. The van der Waals surface area contributed by atoms with Gasteiger partial charge in [0.15, 0.2) is 0 Å².